The van der Waals surface area contributed by atoms with Crippen molar-refractivity contribution in [2.24, 2.45) is 5.92 Å². The average Bonchev–Trinajstić information content (AvgIpc) is 2.30. The van der Waals surface area contributed by atoms with Crippen LogP contribution in [-0.4, -0.2) is 19.6 Å². The van der Waals surface area contributed by atoms with Crippen LogP contribution in [0.3, 0.4) is 0 Å². The van der Waals surface area contributed by atoms with Crippen LogP contribution in [0.4, 0.5) is 0 Å². The molecule has 0 N–H and O–H groups in total. The van der Waals surface area contributed by atoms with Gasteiger partial charge in [0.2, 0.25) is 0 Å². The topological polar surface area (TPSA) is 18.5 Å². The van der Waals surface area contributed by atoms with Crippen LogP contribution < -0.4 is 9.47 Å². The minimum Gasteiger partial charge on any atom is -0.497 e. The van der Waals surface area contributed by atoms with Crippen molar-refractivity contribution in [3.05, 3.63) is 24.3 Å². The summed E-state index contributed by atoms with van der Waals surface area (Å²) in [4.78, 5) is 0. The monoisotopic (exact) mass is 242 g/mol. The molecule has 90 valence electrons. The zero-order valence-corrected chi connectivity index (χ0v) is 10.7. The highest BCUT2D eigenvalue weighted by Crippen LogP contribution is 2.19. The fourth-order valence-corrected chi connectivity index (χ4v) is 1.77. The standard InChI is InChI=1S/C13H19ClO2/c1-11(6-8-14)7-9-16-13-5-3-4-12(10-13)15-2/h3-5,10-11H,6-9H2,1-2H3. The molecule has 0 amide bonds. The Kier molecular flexibility index (Phi) is 6.09. The van der Waals surface area contributed by atoms with Gasteiger partial charge in [-0.05, 0) is 30.9 Å². The van der Waals surface area contributed by atoms with Crippen LogP contribution in [0, 0.1) is 5.92 Å². The van der Waals surface area contributed by atoms with Gasteiger partial charge in [0.15, 0.2) is 0 Å². The van der Waals surface area contributed by atoms with E-state index in [-0.39, 0.29) is 0 Å². The lowest BCUT2D eigenvalue weighted by molar-refractivity contribution is 0.280. The Morgan fingerprint density at radius 2 is 2.00 bits per heavy atom. The smallest absolute Gasteiger partial charge is 0.122 e. The summed E-state index contributed by atoms with van der Waals surface area (Å²) in [5.74, 6) is 3.02. The Hall–Kier alpha value is -0.890. The molecule has 0 aliphatic carbocycles. The van der Waals surface area contributed by atoms with Crippen LogP contribution in [-0.2, 0) is 0 Å². The maximum Gasteiger partial charge on any atom is 0.122 e. The first-order valence-corrected chi connectivity index (χ1v) is 6.12. The molecule has 0 aliphatic heterocycles. The van der Waals surface area contributed by atoms with Crippen LogP contribution in [0.1, 0.15) is 19.8 Å². The summed E-state index contributed by atoms with van der Waals surface area (Å²) in [7, 11) is 1.65. The molecule has 0 bridgehead atoms. The van der Waals surface area contributed by atoms with E-state index in [0.717, 1.165) is 36.8 Å². The second-order valence-corrected chi connectivity index (χ2v) is 4.28. The Morgan fingerprint density at radius 3 is 2.69 bits per heavy atom. The van der Waals surface area contributed by atoms with Crippen molar-refractivity contribution in [2.75, 3.05) is 19.6 Å². The number of methoxy groups -OCH3 is 1. The molecule has 0 fully saturated rings. The van der Waals surface area contributed by atoms with Crippen molar-refractivity contribution >= 4 is 11.6 Å². The highest BCUT2D eigenvalue weighted by molar-refractivity contribution is 6.17. The van der Waals surface area contributed by atoms with E-state index in [1.165, 1.54) is 0 Å². The summed E-state index contributed by atoms with van der Waals surface area (Å²) >= 11 is 5.67. The molecular weight excluding hydrogens is 224 g/mol. The van der Waals surface area contributed by atoms with E-state index in [9.17, 15) is 0 Å². The van der Waals surface area contributed by atoms with E-state index in [1.54, 1.807) is 7.11 Å². The van der Waals surface area contributed by atoms with Gasteiger partial charge in [-0.15, -0.1) is 11.6 Å². The molecule has 0 spiro atoms. The van der Waals surface area contributed by atoms with Crippen molar-refractivity contribution in [3.63, 3.8) is 0 Å². The lowest BCUT2D eigenvalue weighted by atomic mass is 10.1. The molecule has 16 heavy (non-hydrogen) atoms. The van der Waals surface area contributed by atoms with E-state index in [4.69, 9.17) is 21.1 Å². The van der Waals surface area contributed by atoms with Crippen LogP contribution in [0.25, 0.3) is 0 Å². The fourth-order valence-electron chi connectivity index (χ4n) is 1.40. The molecule has 0 radical (unpaired) electrons. The van der Waals surface area contributed by atoms with Crippen molar-refractivity contribution in [3.8, 4) is 11.5 Å². The lowest BCUT2D eigenvalue weighted by Gasteiger charge is -2.11. The number of alkyl halides is 1. The van der Waals surface area contributed by atoms with Gasteiger partial charge in [-0.1, -0.05) is 13.0 Å². The summed E-state index contributed by atoms with van der Waals surface area (Å²) in [5, 5.41) is 0. The average molecular weight is 243 g/mol. The molecule has 1 aromatic carbocycles. The minimum atomic E-state index is 0.614. The van der Waals surface area contributed by atoms with Crippen molar-refractivity contribution in [1.29, 1.82) is 0 Å². The van der Waals surface area contributed by atoms with Crippen LogP contribution >= 0.6 is 11.6 Å². The van der Waals surface area contributed by atoms with Gasteiger partial charge in [-0.2, -0.15) is 0 Å². The third-order valence-electron chi connectivity index (χ3n) is 2.52. The second kappa shape index (κ2) is 7.39. The highest BCUT2D eigenvalue weighted by Gasteiger charge is 2.02. The first-order valence-electron chi connectivity index (χ1n) is 5.59. The molecule has 1 unspecified atom stereocenters. The quantitative estimate of drug-likeness (QED) is 0.679. The Bertz CT molecular complexity index is 302. The van der Waals surface area contributed by atoms with E-state index >= 15 is 0 Å². The number of hydrogen-bond acceptors (Lipinski definition) is 2. The number of ether oxygens (including phenoxy) is 2. The summed E-state index contributed by atoms with van der Waals surface area (Å²) in [6, 6.07) is 7.67. The van der Waals surface area contributed by atoms with E-state index in [0.29, 0.717) is 5.92 Å². The molecule has 2 nitrogen and oxygen atoms in total. The predicted octanol–water partition coefficient (Wildman–Crippen LogP) is 3.73. The van der Waals surface area contributed by atoms with Crippen molar-refractivity contribution < 1.29 is 9.47 Å². The minimum absolute atomic E-state index is 0.614. The molecule has 1 atom stereocenters. The number of rotatable bonds is 7. The van der Waals surface area contributed by atoms with Gasteiger partial charge in [0.05, 0.1) is 13.7 Å². The van der Waals surface area contributed by atoms with Crippen molar-refractivity contribution in [2.45, 2.75) is 19.8 Å². The van der Waals surface area contributed by atoms with Gasteiger partial charge >= 0.3 is 0 Å². The largest absolute Gasteiger partial charge is 0.497 e. The molecule has 1 rings (SSSR count). The summed E-state index contributed by atoms with van der Waals surface area (Å²) in [5.41, 5.74) is 0. The zero-order chi connectivity index (χ0) is 11.8. The molecule has 0 aromatic heterocycles. The van der Waals surface area contributed by atoms with Gasteiger partial charge in [0.25, 0.3) is 0 Å². The molecular formula is C13H19ClO2. The molecule has 1 aromatic rings. The third-order valence-corrected chi connectivity index (χ3v) is 2.74. The maximum atomic E-state index is 5.67. The van der Waals surface area contributed by atoms with E-state index < -0.39 is 0 Å². The summed E-state index contributed by atoms with van der Waals surface area (Å²) < 4.78 is 10.8. The van der Waals surface area contributed by atoms with Crippen LogP contribution in [0.15, 0.2) is 24.3 Å². The molecule has 0 saturated carbocycles. The normalized spacial score (nSPS) is 12.2. The fraction of sp³-hybridized carbons (Fsp3) is 0.538. The van der Waals surface area contributed by atoms with E-state index in [2.05, 4.69) is 6.92 Å². The summed E-state index contributed by atoms with van der Waals surface area (Å²) in [6.45, 7) is 2.92. The Balaban J connectivity index is 2.31. The van der Waals surface area contributed by atoms with Gasteiger partial charge in [0, 0.05) is 11.9 Å². The maximum absolute atomic E-state index is 5.67. The summed E-state index contributed by atoms with van der Waals surface area (Å²) in [6.07, 6.45) is 2.08. The lowest BCUT2D eigenvalue weighted by Crippen LogP contribution is -2.04. The first-order chi connectivity index (χ1) is 7.76. The first kappa shape index (κ1) is 13.2. The van der Waals surface area contributed by atoms with Gasteiger partial charge < -0.3 is 9.47 Å². The molecule has 0 aliphatic rings. The van der Waals surface area contributed by atoms with Crippen molar-refractivity contribution in [1.82, 2.24) is 0 Å². The van der Waals surface area contributed by atoms with E-state index in [1.807, 2.05) is 24.3 Å². The van der Waals surface area contributed by atoms with Crippen LogP contribution in [0.5, 0.6) is 11.5 Å². The second-order valence-electron chi connectivity index (χ2n) is 3.90. The van der Waals surface area contributed by atoms with Crippen LogP contribution in [0.2, 0.25) is 0 Å². The zero-order valence-electron chi connectivity index (χ0n) is 9.91. The highest BCUT2D eigenvalue weighted by atomic mass is 35.5. The SMILES string of the molecule is COc1cccc(OCCC(C)CCCl)c1. The predicted molar refractivity (Wildman–Crippen MR) is 67.6 cm³/mol. The number of halogens is 1. The molecule has 0 heterocycles. The Morgan fingerprint density at radius 1 is 1.25 bits per heavy atom. The third kappa shape index (κ3) is 4.75. The van der Waals surface area contributed by atoms with Gasteiger partial charge in [-0.25, -0.2) is 0 Å². The number of benzene rings is 1. The molecule has 0 saturated heterocycles. The van der Waals surface area contributed by atoms with Gasteiger partial charge in [-0.3, -0.25) is 0 Å². The van der Waals surface area contributed by atoms with Gasteiger partial charge in [0.1, 0.15) is 11.5 Å². The Labute approximate surface area is 103 Å². The molecule has 3 heteroatoms. The number of hydrogen-bond donors (Lipinski definition) is 0.